The second-order valence-electron chi connectivity index (χ2n) is 9.06. The number of aryl methyl sites for hydroxylation is 2. The SMILES string of the molecule is COc1ccccc1C=Nc1ccc(-n2c(=O)cc(C)c3cc4c(cc32)Nc2c(C)cccc2S4)cc1. The number of para-hydroxylation sites is 2. The molecule has 1 aliphatic heterocycles. The number of hydrogen-bond acceptors (Lipinski definition) is 5. The van der Waals surface area contributed by atoms with Crippen molar-refractivity contribution in [3.8, 4) is 11.4 Å². The molecule has 5 nitrogen and oxygen atoms in total. The van der Waals surface area contributed by atoms with Gasteiger partial charge >= 0.3 is 0 Å². The van der Waals surface area contributed by atoms with E-state index in [1.165, 1.54) is 10.5 Å². The first-order valence-electron chi connectivity index (χ1n) is 12.0. The van der Waals surface area contributed by atoms with E-state index in [4.69, 9.17) is 4.74 Å². The van der Waals surface area contributed by atoms with Crippen molar-refractivity contribution in [2.24, 2.45) is 4.99 Å². The van der Waals surface area contributed by atoms with Crippen LogP contribution in [0.5, 0.6) is 5.75 Å². The van der Waals surface area contributed by atoms with Crippen molar-refractivity contribution in [1.82, 2.24) is 4.57 Å². The van der Waals surface area contributed by atoms with Crippen LogP contribution in [0, 0.1) is 13.8 Å². The van der Waals surface area contributed by atoms with E-state index in [1.54, 1.807) is 35.7 Å². The molecule has 1 aromatic heterocycles. The Balaban J connectivity index is 1.40. The maximum atomic E-state index is 13.2. The monoisotopic (exact) mass is 503 g/mol. The molecule has 182 valence electrons. The minimum atomic E-state index is -0.0599. The molecular weight excluding hydrogens is 478 g/mol. The van der Waals surface area contributed by atoms with E-state index in [0.29, 0.717) is 0 Å². The molecule has 0 spiro atoms. The van der Waals surface area contributed by atoms with Gasteiger partial charge in [0.2, 0.25) is 0 Å². The topological polar surface area (TPSA) is 55.6 Å². The van der Waals surface area contributed by atoms with Crippen LogP contribution in [0.4, 0.5) is 17.1 Å². The summed E-state index contributed by atoms with van der Waals surface area (Å²) in [5, 5.41) is 4.66. The highest BCUT2D eigenvalue weighted by atomic mass is 32.2. The number of methoxy groups -OCH3 is 1. The molecule has 0 saturated carbocycles. The number of nitrogens with zero attached hydrogens (tertiary/aromatic N) is 2. The second kappa shape index (κ2) is 9.30. The molecule has 4 aromatic carbocycles. The number of aromatic nitrogens is 1. The zero-order valence-corrected chi connectivity index (χ0v) is 21.6. The van der Waals surface area contributed by atoms with Crippen molar-refractivity contribution >= 4 is 45.9 Å². The van der Waals surface area contributed by atoms with Gasteiger partial charge in [-0.25, -0.2) is 0 Å². The minimum absolute atomic E-state index is 0.0599. The summed E-state index contributed by atoms with van der Waals surface area (Å²) in [6, 6.07) is 27.8. The van der Waals surface area contributed by atoms with Crippen LogP contribution in [0.3, 0.4) is 0 Å². The highest BCUT2D eigenvalue weighted by Gasteiger charge is 2.20. The summed E-state index contributed by atoms with van der Waals surface area (Å²) >= 11 is 1.76. The molecule has 0 saturated heterocycles. The van der Waals surface area contributed by atoms with Crippen molar-refractivity contribution in [1.29, 1.82) is 0 Å². The van der Waals surface area contributed by atoms with E-state index >= 15 is 0 Å². The van der Waals surface area contributed by atoms with Crippen molar-refractivity contribution in [2.45, 2.75) is 23.6 Å². The lowest BCUT2D eigenvalue weighted by Crippen LogP contribution is -2.18. The number of anilines is 2. The molecule has 1 N–H and O–H groups in total. The molecule has 37 heavy (non-hydrogen) atoms. The maximum Gasteiger partial charge on any atom is 0.255 e. The Morgan fingerprint density at radius 3 is 2.51 bits per heavy atom. The van der Waals surface area contributed by atoms with E-state index in [0.717, 1.165) is 55.4 Å². The number of aliphatic imine (C=N–C) groups is 1. The molecule has 6 rings (SSSR count). The quantitative estimate of drug-likeness (QED) is 0.252. The van der Waals surface area contributed by atoms with E-state index in [1.807, 2.05) is 55.5 Å². The average molecular weight is 504 g/mol. The van der Waals surface area contributed by atoms with Crippen LogP contribution in [0.1, 0.15) is 16.7 Å². The van der Waals surface area contributed by atoms with Gasteiger partial charge in [0.05, 0.1) is 29.7 Å². The van der Waals surface area contributed by atoms with Gasteiger partial charge in [0.25, 0.3) is 5.56 Å². The Labute approximate surface area is 219 Å². The zero-order chi connectivity index (χ0) is 25.5. The van der Waals surface area contributed by atoms with E-state index in [9.17, 15) is 4.79 Å². The standard InChI is InChI=1S/C31H25N3O2S/c1-19-7-6-10-28-31(19)33-25-17-26-24(16-29(25)37-28)20(2)15-30(35)34(26)23-13-11-22(12-14-23)32-18-21-8-4-5-9-27(21)36-3/h4-18,33H,1-3H3. The lowest BCUT2D eigenvalue weighted by molar-refractivity contribution is 0.414. The number of benzene rings is 4. The molecule has 0 fully saturated rings. The van der Waals surface area contributed by atoms with Gasteiger partial charge in [0.1, 0.15) is 5.75 Å². The summed E-state index contributed by atoms with van der Waals surface area (Å²) in [7, 11) is 1.65. The first-order valence-corrected chi connectivity index (χ1v) is 12.9. The molecule has 2 heterocycles. The summed E-state index contributed by atoms with van der Waals surface area (Å²) in [6.07, 6.45) is 1.79. The van der Waals surface area contributed by atoms with Gasteiger partial charge in [-0.1, -0.05) is 36.0 Å². The Morgan fingerprint density at radius 2 is 1.70 bits per heavy atom. The molecule has 1 aliphatic rings. The number of pyridine rings is 1. The molecule has 5 aromatic rings. The predicted octanol–water partition coefficient (Wildman–Crippen LogP) is 7.57. The Hall–Kier alpha value is -4.29. The van der Waals surface area contributed by atoms with Gasteiger partial charge in [-0.15, -0.1) is 0 Å². The number of rotatable bonds is 4. The minimum Gasteiger partial charge on any atom is -0.496 e. The summed E-state index contributed by atoms with van der Waals surface area (Å²) in [5.74, 6) is 0.772. The summed E-state index contributed by atoms with van der Waals surface area (Å²) in [6.45, 7) is 4.10. The van der Waals surface area contributed by atoms with Crippen LogP contribution < -0.4 is 15.6 Å². The molecular formula is C31H25N3O2S. The third-order valence-corrected chi connectivity index (χ3v) is 7.76. The number of fused-ring (bicyclic) bond motifs is 3. The van der Waals surface area contributed by atoms with E-state index < -0.39 is 0 Å². The van der Waals surface area contributed by atoms with Crippen LogP contribution in [-0.2, 0) is 0 Å². The van der Waals surface area contributed by atoms with Crippen LogP contribution in [0.2, 0.25) is 0 Å². The van der Waals surface area contributed by atoms with E-state index in [-0.39, 0.29) is 5.56 Å². The average Bonchev–Trinajstić information content (AvgIpc) is 2.91. The molecule has 0 atom stereocenters. The fraction of sp³-hybridized carbons (Fsp3) is 0.0968. The summed E-state index contributed by atoms with van der Waals surface area (Å²) in [5.41, 5.74) is 7.60. The fourth-order valence-electron chi connectivity index (χ4n) is 4.71. The highest BCUT2D eigenvalue weighted by molar-refractivity contribution is 7.99. The van der Waals surface area contributed by atoms with Gasteiger partial charge in [0, 0.05) is 38.7 Å². The first-order chi connectivity index (χ1) is 18.0. The Morgan fingerprint density at radius 1 is 0.892 bits per heavy atom. The molecule has 6 heteroatoms. The molecule has 0 bridgehead atoms. The van der Waals surface area contributed by atoms with Gasteiger partial charge in [-0.3, -0.25) is 14.4 Å². The van der Waals surface area contributed by atoms with Gasteiger partial charge < -0.3 is 10.1 Å². The summed E-state index contributed by atoms with van der Waals surface area (Å²) < 4.78 is 7.18. The van der Waals surface area contributed by atoms with Gasteiger partial charge in [-0.2, -0.15) is 0 Å². The summed E-state index contributed by atoms with van der Waals surface area (Å²) in [4.78, 5) is 20.2. The van der Waals surface area contributed by atoms with Crippen LogP contribution in [0.15, 0.2) is 105 Å². The van der Waals surface area contributed by atoms with Crippen molar-refractivity contribution in [2.75, 3.05) is 12.4 Å². The molecule has 0 unspecified atom stereocenters. The Kier molecular flexibility index (Phi) is 5.81. The van der Waals surface area contributed by atoms with Gasteiger partial charge in [0.15, 0.2) is 0 Å². The van der Waals surface area contributed by atoms with Gasteiger partial charge in [-0.05, 0) is 79.6 Å². The highest BCUT2D eigenvalue weighted by Crippen LogP contribution is 2.47. The van der Waals surface area contributed by atoms with Crippen LogP contribution >= 0.6 is 11.8 Å². The lowest BCUT2D eigenvalue weighted by Gasteiger charge is -2.24. The lowest BCUT2D eigenvalue weighted by atomic mass is 10.1. The third-order valence-electron chi connectivity index (χ3n) is 6.64. The second-order valence-corrected chi connectivity index (χ2v) is 10.1. The zero-order valence-electron chi connectivity index (χ0n) is 20.8. The Bertz CT molecular complexity index is 1750. The maximum absolute atomic E-state index is 13.2. The van der Waals surface area contributed by atoms with Crippen molar-refractivity contribution in [3.63, 3.8) is 0 Å². The predicted molar refractivity (Wildman–Crippen MR) is 153 cm³/mol. The van der Waals surface area contributed by atoms with Crippen molar-refractivity contribution in [3.05, 3.63) is 112 Å². The third kappa shape index (κ3) is 4.19. The van der Waals surface area contributed by atoms with Crippen molar-refractivity contribution < 1.29 is 4.74 Å². The number of hydrogen-bond donors (Lipinski definition) is 1. The van der Waals surface area contributed by atoms with Crippen LogP contribution in [-0.4, -0.2) is 17.9 Å². The smallest absolute Gasteiger partial charge is 0.255 e. The van der Waals surface area contributed by atoms with Crippen LogP contribution in [0.25, 0.3) is 16.6 Å². The molecule has 0 amide bonds. The fourth-order valence-corrected chi connectivity index (χ4v) is 5.80. The number of nitrogens with one attached hydrogen (secondary N) is 1. The molecule has 0 aliphatic carbocycles. The normalized spacial score (nSPS) is 12.3. The number of ether oxygens (including phenoxy) is 1. The first kappa shape index (κ1) is 23.1. The van der Waals surface area contributed by atoms with E-state index in [2.05, 4.69) is 47.6 Å². The molecule has 0 radical (unpaired) electrons. The largest absolute Gasteiger partial charge is 0.496 e.